The van der Waals surface area contributed by atoms with Crippen LogP contribution < -0.4 is 4.74 Å². The molecule has 0 N–H and O–H groups in total. The van der Waals surface area contributed by atoms with E-state index in [1.807, 2.05) is 60.6 Å². The number of hydrogen-bond acceptors (Lipinski definition) is 3. The maximum atomic E-state index is 5.28. The normalized spacial score (nSPS) is 11.3. The molecule has 0 amide bonds. The van der Waals surface area contributed by atoms with Gasteiger partial charge in [-0.3, -0.25) is 4.99 Å². The maximum Gasteiger partial charge on any atom is 0.144 e. The fraction of sp³-hybridized carbons (Fsp3) is 0.125. The summed E-state index contributed by atoms with van der Waals surface area (Å²) < 4.78 is 7.28. The number of fused-ring (bicyclic) bond motifs is 1. The molecule has 0 atom stereocenters. The van der Waals surface area contributed by atoms with Crippen LogP contribution in [0.15, 0.2) is 53.8 Å². The molecule has 0 aliphatic carbocycles. The van der Waals surface area contributed by atoms with Crippen LogP contribution in [-0.2, 0) is 7.05 Å². The molecule has 3 aromatic rings. The highest BCUT2D eigenvalue weighted by Gasteiger charge is 2.01. The van der Waals surface area contributed by atoms with Crippen LogP contribution >= 0.6 is 0 Å². The third-order valence-corrected chi connectivity index (χ3v) is 3.19. The van der Waals surface area contributed by atoms with Crippen LogP contribution in [0.1, 0.15) is 5.56 Å². The van der Waals surface area contributed by atoms with Gasteiger partial charge < -0.3 is 9.30 Å². The van der Waals surface area contributed by atoms with Crippen molar-refractivity contribution in [3.05, 3.63) is 54.4 Å². The van der Waals surface area contributed by atoms with Crippen LogP contribution in [0.2, 0.25) is 0 Å². The molecular formula is C16H15N3O. The van der Waals surface area contributed by atoms with Gasteiger partial charge in [-0.1, -0.05) is 18.2 Å². The minimum absolute atomic E-state index is 0.769. The first kappa shape index (κ1) is 12.4. The largest absolute Gasteiger partial charge is 0.494 e. The average molecular weight is 265 g/mol. The van der Waals surface area contributed by atoms with Gasteiger partial charge in [-0.25, -0.2) is 4.98 Å². The molecule has 20 heavy (non-hydrogen) atoms. The number of benzene rings is 2. The van der Waals surface area contributed by atoms with Gasteiger partial charge in [0.1, 0.15) is 11.4 Å². The van der Waals surface area contributed by atoms with Crippen molar-refractivity contribution in [2.75, 3.05) is 7.11 Å². The van der Waals surface area contributed by atoms with E-state index < -0.39 is 0 Å². The molecule has 0 fully saturated rings. The van der Waals surface area contributed by atoms with E-state index in [1.165, 1.54) is 0 Å². The molecule has 0 radical (unpaired) electrons. The fourth-order valence-corrected chi connectivity index (χ4v) is 2.10. The van der Waals surface area contributed by atoms with Gasteiger partial charge in [0, 0.05) is 13.3 Å². The van der Waals surface area contributed by atoms with E-state index in [4.69, 9.17) is 4.74 Å². The molecule has 0 saturated carbocycles. The first-order valence-electron chi connectivity index (χ1n) is 6.36. The van der Waals surface area contributed by atoms with Crippen molar-refractivity contribution >= 4 is 22.9 Å². The Morgan fingerprint density at radius 1 is 1.20 bits per heavy atom. The van der Waals surface area contributed by atoms with Gasteiger partial charge in [0.25, 0.3) is 0 Å². The highest BCUT2D eigenvalue weighted by Crippen LogP contribution is 2.26. The van der Waals surface area contributed by atoms with E-state index in [1.54, 1.807) is 7.11 Å². The second-order valence-electron chi connectivity index (χ2n) is 4.53. The lowest BCUT2D eigenvalue weighted by Gasteiger charge is -2.02. The topological polar surface area (TPSA) is 39.4 Å². The van der Waals surface area contributed by atoms with Crippen molar-refractivity contribution in [3.63, 3.8) is 0 Å². The number of rotatable bonds is 3. The number of aromatic nitrogens is 2. The molecule has 100 valence electrons. The SMILES string of the molecule is COc1ccccc1/N=C/c1ccc2ncn(C)c2c1. The zero-order valence-corrected chi connectivity index (χ0v) is 11.4. The summed E-state index contributed by atoms with van der Waals surface area (Å²) in [6, 6.07) is 13.8. The lowest BCUT2D eigenvalue weighted by Crippen LogP contribution is -1.87. The second-order valence-corrected chi connectivity index (χ2v) is 4.53. The number of ether oxygens (including phenoxy) is 1. The average Bonchev–Trinajstić information content (AvgIpc) is 2.86. The summed E-state index contributed by atoms with van der Waals surface area (Å²) in [6.45, 7) is 0. The zero-order valence-electron chi connectivity index (χ0n) is 11.4. The fourth-order valence-electron chi connectivity index (χ4n) is 2.10. The van der Waals surface area contributed by atoms with Crippen LogP contribution in [0.25, 0.3) is 11.0 Å². The summed E-state index contributed by atoms with van der Waals surface area (Å²) in [5.41, 5.74) is 3.93. The minimum atomic E-state index is 0.769. The summed E-state index contributed by atoms with van der Waals surface area (Å²) in [4.78, 5) is 8.79. The first-order chi connectivity index (χ1) is 9.78. The Morgan fingerprint density at radius 2 is 2.05 bits per heavy atom. The zero-order chi connectivity index (χ0) is 13.9. The van der Waals surface area contributed by atoms with Gasteiger partial charge in [-0.2, -0.15) is 0 Å². The van der Waals surface area contributed by atoms with E-state index in [2.05, 4.69) is 16.0 Å². The van der Waals surface area contributed by atoms with Crippen LogP contribution in [0.4, 0.5) is 5.69 Å². The number of methoxy groups -OCH3 is 1. The van der Waals surface area contributed by atoms with Gasteiger partial charge in [-0.05, 0) is 29.8 Å². The Kier molecular flexibility index (Phi) is 3.21. The molecule has 0 aliphatic rings. The van der Waals surface area contributed by atoms with E-state index in [0.29, 0.717) is 0 Å². The molecule has 0 unspecified atom stereocenters. The molecule has 1 heterocycles. The molecule has 0 aliphatic heterocycles. The van der Waals surface area contributed by atoms with Crippen LogP contribution in [0.3, 0.4) is 0 Å². The Balaban J connectivity index is 1.95. The summed E-state index contributed by atoms with van der Waals surface area (Å²) in [6.07, 6.45) is 3.65. The van der Waals surface area contributed by atoms with Gasteiger partial charge in [0.15, 0.2) is 0 Å². The smallest absolute Gasteiger partial charge is 0.144 e. The van der Waals surface area contributed by atoms with E-state index in [0.717, 1.165) is 28.0 Å². The van der Waals surface area contributed by atoms with Gasteiger partial charge in [0.05, 0.1) is 24.5 Å². The minimum Gasteiger partial charge on any atom is -0.494 e. The van der Waals surface area contributed by atoms with Gasteiger partial charge >= 0.3 is 0 Å². The second kappa shape index (κ2) is 5.17. The molecule has 4 heteroatoms. The van der Waals surface area contributed by atoms with Crippen molar-refractivity contribution in [1.29, 1.82) is 0 Å². The summed E-state index contributed by atoms with van der Waals surface area (Å²) in [5.74, 6) is 0.769. The molecule has 0 spiro atoms. The number of para-hydroxylation sites is 2. The number of aryl methyl sites for hydroxylation is 1. The molecular weight excluding hydrogens is 250 g/mol. The van der Waals surface area contributed by atoms with Crippen molar-refractivity contribution in [2.45, 2.75) is 0 Å². The van der Waals surface area contributed by atoms with E-state index in [9.17, 15) is 0 Å². The number of nitrogens with zero attached hydrogens (tertiary/aromatic N) is 3. The quantitative estimate of drug-likeness (QED) is 0.681. The van der Waals surface area contributed by atoms with Crippen LogP contribution in [-0.4, -0.2) is 22.9 Å². The molecule has 2 aromatic carbocycles. The predicted octanol–water partition coefficient (Wildman–Crippen LogP) is 3.33. The highest BCUT2D eigenvalue weighted by atomic mass is 16.5. The molecule has 0 bridgehead atoms. The van der Waals surface area contributed by atoms with Crippen molar-refractivity contribution < 1.29 is 4.74 Å². The summed E-state index contributed by atoms with van der Waals surface area (Å²) in [7, 11) is 3.63. The maximum absolute atomic E-state index is 5.28. The predicted molar refractivity (Wildman–Crippen MR) is 81.0 cm³/mol. The first-order valence-corrected chi connectivity index (χ1v) is 6.36. The highest BCUT2D eigenvalue weighted by molar-refractivity contribution is 5.88. The van der Waals surface area contributed by atoms with E-state index >= 15 is 0 Å². The van der Waals surface area contributed by atoms with Gasteiger partial charge in [0.2, 0.25) is 0 Å². The Labute approximate surface area is 117 Å². The monoisotopic (exact) mass is 265 g/mol. The Hall–Kier alpha value is -2.62. The summed E-state index contributed by atoms with van der Waals surface area (Å²) in [5, 5.41) is 0. The molecule has 4 nitrogen and oxygen atoms in total. The lowest BCUT2D eigenvalue weighted by atomic mass is 10.2. The van der Waals surface area contributed by atoms with E-state index in [-0.39, 0.29) is 0 Å². The Bertz CT molecular complexity index is 774. The third-order valence-electron chi connectivity index (χ3n) is 3.19. The van der Waals surface area contributed by atoms with Crippen molar-refractivity contribution in [2.24, 2.45) is 12.0 Å². The number of imidazole rings is 1. The molecule has 1 aromatic heterocycles. The standard InChI is InChI=1S/C16H15N3O/c1-19-11-18-13-8-7-12(9-15(13)19)10-17-14-5-3-4-6-16(14)20-2/h3-11H,1-2H3/b17-10+. The summed E-state index contributed by atoms with van der Waals surface area (Å²) >= 11 is 0. The number of hydrogen-bond donors (Lipinski definition) is 0. The van der Waals surface area contributed by atoms with Crippen molar-refractivity contribution in [3.8, 4) is 5.75 Å². The molecule has 0 saturated heterocycles. The lowest BCUT2D eigenvalue weighted by molar-refractivity contribution is 0.416. The van der Waals surface area contributed by atoms with Crippen LogP contribution in [0, 0.1) is 0 Å². The Morgan fingerprint density at radius 3 is 2.90 bits per heavy atom. The van der Waals surface area contributed by atoms with Gasteiger partial charge in [-0.15, -0.1) is 0 Å². The van der Waals surface area contributed by atoms with Crippen LogP contribution in [0.5, 0.6) is 5.75 Å². The molecule has 3 rings (SSSR count). The number of aliphatic imine (C=N–C) groups is 1. The van der Waals surface area contributed by atoms with Crippen molar-refractivity contribution in [1.82, 2.24) is 9.55 Å². The third kappa shape index (κ3) is 2.28.